The van der Waals surface area contributed by atoms with E-state index in [1.54, 1.807) is 6.92 Å². The van der Waals surface area contributed by atoms with Gasteiger partial charge < -0.3 is 14.8 Å². The zero-order valence-corrected chi connectivity index (χ0v) is 14.6. The number of benzene rings is 1. The van der Waals surface area contributed by atoms with Crippen molar-refractivity contribution >= 4 is 5.91 Å². The first-order valence-corrected chi connectivity index (χ1v) is 7.98. The second-order valence-corrected chi connectivity index (χ2v) is 6.30. The van der Waals surface area contributed by atoms with Gasteiger partial charge in [-0.1, -0.05) is 32.0 Å². The van der Waals surface area contributed by atoms with Gasteiger partial charge in [-0.2, -0.15) is 0 Å². The quantitative estimate of drug-likeness (QED) is 0.796. The number of hydrogen-bond donors (Lipinski definition) is 1. The predicted molar refractivity (Wildman–Crippen MR) is 89.0 cm³/mol. The molecule has 0 aliphatic rings. The van der Waals surface area contributed by atoms with Crippen LogP contribution in [0.15, 0.2) is 24.3 Å². The van der Waals surface area contributed by atoms with Gasteiger partial charge in [-0.25, -0.2) is 0 Å². The van der Waals surface area contributed by atoms with Crippen molar-refractivity contribution in [3.05, 3.63) is 29.8 Å². The van der Waals surface area contributed by atoms with E-state index >= 15 is 0 Å². The van der Waals surface area contributed by atoms with Gasteiger partial charge in [0.15, 0.2) is 0 Å². The lowest BCUT2D eigenvalue weighted by Gasteiger charge is -2.22. The summed E-state index contributed by atoms with van der Waals surface area (Å²) in [7, 11) is 0. The fraction of sp³-hybridized carbons (Fsp3) is 0.611. The minimum Gasteiger partial charge on any atom is -0.491 e. The molecule has 1 rings (SSSR count). The fourth-order valence-corrected chi connectivity index (χ4v) is 2.02. The number of para-hydroxylation sites is 1. The molecular weight excluding hydrogens is 278 g/mol. The summed E-state index contributed by atoms with van der Waals surface area (Å²) in [6.07, 6.45) is -0.361. The first-order valence-electron chi connectivity index (χ1n) is 7.98. The van der Waals surface area contributed by atoms with Gasteiger partial charge in [0.2, 0.25) is 5.91 Å². The van der Waals surface area contributed by atoms with E-state index < -0.39 is 6.10 Å². The van der Waals surface area contributed by atoms with Crippen molar-refractivity contribution in [1.82, 2.24) is 5.32 Å². The number of amides is 1. The zero-order chi connectivity index (χ0) is 16.7. The van der Waals surface area contributed by atoms with E-state index in [4.69, 9.17) is 9.47 Å². The largest absolute Gasteiger partial charge is 0.491 e. The molecule has 1 amide bonds. The minimum atomic E-state index is -0.456. The normalized spacial score (nSPS) is 14.0. The standard InChI is InChI=1S/C18H29NO3/c1-12(2)11-21-15(6)18(20)19-14(5)16-9-7-8-10-17(16)22-13(3)4/h7-10,12-15H,11H2,1-6H3,(H,19,20)/t14-,15-/m0/s1. The molecular formula is C18H29NO3. The van der Waals surface area contributed by atoms with Crippen LogP contribution in [0.1, 0.15) is 53.1 Å². The van der Waals surface area contributed by atoms with Crippen molar-refractivity contribution < 1.29 is 14.3 Å². The Morgan fingerprint density at radius 1 is 1.09 bits per heavy atom. The SMILES string of the molecule is CC(C)CO[C@@H](C)C(=O)N[C@@H](C)c1ccccc1OC(C)C. The van der Waals surface area contributed by atoms with E-state index in [0.717, 1.165) is 11.3 Å². The summed E-state index contributed by atoms with van der Waals surface area (Å²) in [5, 5.41) is 2.99. The molecule has 0 spiro atoms. The van der Waals surface area contributed by atoms with Crippen LogP contribution in [0.25, 0.3) is 0 Å². The summed E-state index contributed by atoms with van der Waals surface area (Å²) >= 11 is 0. The first kappa shape index (κ1) is 18.5. The van der Waals surface area contributed by atoms with Gasteiger partial charge in [0.25, 0.3) is 0 Å². The first-order chi connectivity index (χ1) is 10.3. The summed E-state index contributed by atoms with van der Waals surface area (Å²) in [4.78, 5) is 12.2. The van der Waals surface area contributed by atoms with Crippen LogP contribution in [-0.2, 0) is 9.53 Å². The highest BCUT2D eigenvalue weighted by molar-refractivity contribution is 5.80. The molecule has 124 valence electrons. The van der Waals surface area contributed by atoms with E-state index in [2.05, 4.69) is 19.2 Å². The summed E-state index contributed by atoms with van der Waals surface area (Å²) in [5.74, 6) is 1.11. The van der Waals surface area contributed by atoms with E-state index in [-0.39, 0.29) is 18.1 Å². The molecule has 0 aromatic heterocycles. The van der Waals surface area contributed by atoms with Crippen LogP contribution in [0, 0.1) is 5.92 Å². The van der Waals surface area contributed by atoms with Gasteiger partial charge in [-0.15, -0.1) is 0 Å². The molecule has 0 heterocycles. The van der Waals surface area contributed by atoms with E-state index in [1.807, 2.05) is 45.0 Å². The molecule has 1 aromatic rings. The number of carbonyl (C=O) groups excluding carboxylic acids is 1. The number of hydrogen-bond acceptors (Lipinski definition) is 3. The molecule has 0 radical (unpaired) electrons. The molecule has 0 saturated carbocycles. The van der Waals surface area contributed by atoms with Crippen molar-refractivity contribution in [3.8, 4) is 5.75 Å². The third kappa shape index (κ3) is 6.06. The van der Waals surface area contributed by atoms with Crippen LogP contribution in [0.2, 0.25) is 0 Å². The van der Waals surface area contributed by atoms with Crippen LogP contribution in [0.5, 0.6) is 5.75 Å². The van der Waals surface area contributed by atoms with Gasteiger partial charge in [0.05, 0.1) is 12.1 Å². The van der Waals surface area contributed by atoms with Crippen molar-refractivity contribution in [2.24, 2.45) is 5.92 Å². The van der Waals surface area contributed by atoms with E-state index in [9.17, 15) is 4.79 Å². The maximum absolute atomic E-state index is 12.2. The van der Waals surface area contributed by atoms with Crippen molar-refractivity contribution in [3.63, 3.8) is 0 Å². The minimum absolute atomic E-state index is 0.0948. The lowest BCUT2D eigenvalue weighted by molar-refractivity contribution is -0.133. The lowest BCUT2D eigenvalue weighted by atomic mass is 10.1. The maximum Gasteiger partial charge on any atom is 0.249 e. The van der Waals surface area contributed by atoms with Crippen LogP contribution in [0.3, 0.4) is 0 Å². The van der Waals surface area contributed by atoms with Crippen LogP contribution < -0.4 is 10.1 Å². The fourth-order valence-electron chi connectivity index (χ4n) is 2.02. The highest BCUT2D eigenvalue weighted by Gasteiger charge is 2.19. The summed E-state index contributed by atoms with van der Waals surface area (Å²) in [6, 6.07) is 7.65. The molecule has 0 fully saturated rings. The molecule has 0 bridgehead atoms. The number of ether oxygens (including phenoxy) is 2. The molecule has 1 aromatic carbocycles. The molecule has 0 unspecified atom stereocenters. The Labute approximate surface area is 134 Å². The van der Waals surface area contributed by atoms with Crippen LogP contribution in [-0.4, -0.2) is 24.7 Å². The molecule has 4 heteroatoms. The molecule has 0 aliphatic carbocycles. The van der Waals surface area contributed by atoms with Gasteiger partial charge in [0, 0.05) is 12.2 Å². The zero-order valence-electron chi connectivity index (χ0n) is 14.6. The number of nitrogens with one attached hydrogen (secondary N) is 1. The predicted octanol–water partition coefficient (Wildman–Crippen LogP) is 3.71. The van der Waals surface area contributed by atoms with E-state index in [1.165, 1.54) is 0 Å². The Morgan fingerprint density at radius 3 is 2.32 bits per heavy atom. The molecule has 4 nitrogen and oxygen atoms in total. The Kier molecular flexibility index (Phi) is 7.39. The third-order valence-corrected chi connectivity index (χ3v) is 3.16. The van der Waals surface area contributed by atoms with Gasteiger partial charge in [-0.05, 0) is 39.7 Å². The Bertz CT molecular complexity index is 471. The molecule has 1 N–H and O–H groups in total. The van der Waals surface area contributed by atoms with Gasteiger partial charge >= 0.3 is 0 Å². The average molecular weight is 307 g/mol. The topological polar surface area (TPSA) is 47.6 Å². The number of carbonyl (C=O) groups is 1. The van der Waals surface area contributed by atoms with Crippen molar-refractivity contribution in [2.45, 2.75) is 59.8 Å². The number of rotatable bonds is 8. The lowest BCUT2D eigenvalue weighted by Crippen LogP contribution is -2.36. The average Bonchev–Trinajstić information content (AvgIpc) is 2.44. The van der Waals surface area contributed by atoms with Gasteiger partial charge in [0.1, 0.15) is 11.9 Å². The molecule has 0 aliphatic heterocycles. The van der Waals surface area contributed by atoms with Crippen molar-refractivity contribution in [2.75, 3.05) is 6.61 Å². The third-order valence-electron chi connectivity index (χ3n) is 3.16. The van der Waals surface area contributed by atoms with Crippen molar-refractivity contribution in [1.29, 1.82) is 0 Å². The van der Waals surface area contributed by atoms with Gasteiger partial charge in [-0.3, -0.25) is 4.79 Å². The summed E-state index contributed by atoms with van der Waals surface area (Å²) < 4.78 is 11.4. The Hall–Kier alpha value is -1.55. The molecule has 2 atom stereocenters. The van der Waals surface area contributed by atoms with Crippen LogP contribution in [0.4, 0.5) is 0 Å². The Balaban J connectivity index is 2.68. The highest BCUT2D eigenvalue weighted by Crippen LogP contribution is 2.25. The second kappa shape index (κ2) is 8.79. The van der Waals surface area contributed by atoms with E-state index in [0.29, 0.717) is 12.5 Å². The summed E-state index contributed by atoms with van der Waals surface area (Å²) in [5.41, 5.74) is 0.973. The Morgan fingerprint density at radius 2 is 1.73 bits per heavy atom. The highest BCUT2D eigenvalue weighted by atomic mass is 16.5. The van der Waals surface area contributed by atoms with Crippen LogP contribution >= 0.6 is 0 Å². The molecule has 22 heavy (non-hydrogen) atoms. The maximum atomic E-state index is 12.2. The summed E-state index contributed by atoms with van der Waals surface area (Å²) in [6.45, 7) is 12.4. The second-order valence-electron chi connectivity index (χ2n) is 6.30. The smallest absolute Gasteiger partial charge is 0.249 e. The molecule has 0 saturated heterocycles. The monoisotopic (exact) mass is 307 g/mol.